The molecule has 0 saturated carbocycles. The van der Waals surface area contributed by atoms with Crippen LogP contribution in [0.4, 0.5) is 0 Å². The number of rotatable bonds is 5. The van der Waals surface area contributed by atoms with Crippen LogP contribution in [0.2, 0.25) is 0 Å². The molecule has 1 atom stereocenters. The summed E-state index contributed by atoms with van der Waals surface area (Å²) < 4.78 is 12.3. The van der Waals surface area contributed by atoms with Crippen LogP contribution in [0.1, 0.15) is 25.5 Å². The molecule has 20 heavy (non-hydrogen) atoms. The maximum absolute atomic E-state index is 9.85. The molecule has 0 spiro atoms. The molecule has 0 fully saturated rings. The van der Waals surface area contributed by atoms with Gasteiger partial charge in [-0.1, -0.05) is 28.1 Å². The fourth-order valence-corrected chi connectivity index (χ4v) is 2.25. The van der Waals surface area contributed by atoms with E-state index >= 15 is 0 Å². The highest BCUT2D eigenvalue weighted by Crippen LogP contribution is 2.36. The summed E-state index contributed by atoms with van der Waals surface area (Å²) in [5, 5.41) is 9.85. The topological polar surface area (TPSA) is 38.7 Å². The average molecular weight is 337 g/mol. The van der Waals surface area contributed by atoms with Crippen LogP contribution in [0.25, 0.3) is 0 Å². The first kappa shape index (κ1) is 14.9. The van der Waals surface area contributed by atoms with Gasteiger partial charge in [-0.2, -0.15) is 0 Å². The maximum Gasteiger partial charge on any atom is 0.169 e. The van der Waals surface area contributed by atoms with E-state index in [1.165, 1.54) is 0 Å². The lowest BCUT2D eigenvalue weighted by molar-refractivity contribution is 0.195. The Morgan fingerprint density at radius 1 is 1.10 bits per heavy atom. The zero-order chi connectivity index (χ0) is 14.5. The van der Waals surface area contributed by atoms with Crippen LogP contribution in [0.15, 0.2) is 46.9 Å². The lowest BCUT2D eigenvalue weighted by Crippen LogP contribution is -1.98. The molecule has 1 N–H and O–H groups in total. The minimum absolute atomic E-state index is 0.573. The molecule has 0 saturated heterocycles. The molecule has 0 aliphatic rings. The Hall–Kier alpha value is -1.52. The Morgan fingerprint density at radius 3 is 2.45 bits per heavy atom. The zero-order valence-electron chi connectivity index (χ0n) is 11.5. The molecule has 1 unspecified atom stereocenters. The standard InChI is InChI=1S/C16H17BrO3/c1-3-19-15-6-4-5-7-16(15)20-14-9-8-12(17)10-13(14)11(2)18/h4-11,18H,3H2,1-2H3. The maximum atomic E-state index is 9.85. The Morgan fingerprint density at radius 2 is 1.80 bits per heavy atom. The second-order valence-electron chi connectivity index (χ2n) is 4.34. The quantitative estimate of drug-likeness (QED) is 0.860. The number of para-hydroxylation sites is 2. The lowest BCUT2D eigenvalue weighted by Gasteiger charge is -2.15. The van der Waals surface area contributed by atoms with Gasteiger partial charge in [0.15, 0.2) is 11.5 Å². The number of ether oxygens (including phenoxy) is 2. The van der Waals surface area contributed by atoms with Gasteiger partial charge in [0, 0.05) is 10.0 Å². The minimum Gasteiger partial charge on any atom is -0.490 e. The first-order chi connectivity index (χ1) is 9.61. The molecular weight excluding hydrogens is 320 g/mol. The van der Waals surface area contributed by atoms with Gasteiger partial charge in [-0.05, 0) is 44.2 Å². The van der Waals surface area contributed by atoms with Crippen molar-refractivity contribution >= 4 is 15.9 Å². The van der Waals surface area contributed by atoms with E-state index in [0.29, 0.717) is 23.9 Å². The fourth-order valence-electron chi connectivity index (χ4n) is 1.87. The van der Waals surface area contributed by atoms with Gasteiger partial charge < -0.3 is 14.6 Å². The van der Waals surface area contributed by atoms with Gasteiger partial charge >= 0.3 is 0 Å². The van der Waals surface area contributed by atoms with Crippen molar-refractivity contribution in [2.24, 2.45) is 0 Å². The summed E-state index contributed by atoms with van der Waals surface area (Å²) in [6.07, 6.45) is -0.609. The fraction of sp³-hybridized carbons (Fsp3) is 0.250. The van der Waals surface area contributed by atoms with Crippen molar-refractivity contribution in [3.8, 4) is 17.2 Å². The highest BCUT2D eigenvalue weighted by molar-refractivity contribution is 9.10. The van der Waals surface area contributed by atoms with Gasteiger partial charge in [-0.15, -0.1) is 0 Å². The molecule has 2 aromatic rings. The van der Waals surface area contributed by atoms with Gasteiger partial charge in [-0.3, -0.25) is 0 Å². The highest BCUT2D eigenvalue weighted by atomic mass is 79.9. The number of halogens is 1. The lowest BCUT2D eigenvalue weighted by atomic mass is 10.1. The first-order valence-corrected chi connectivity index (χ1v) is 7.28. The van der Waals surface area contributed by atoms with Crippen molar-refractivity contribution < 1.29 is 14.6 Å². The molecule has 2 aromatic carbocycles. The number of hydrogen-bond donors (Lipinski definition) is 1. The summed E-state index contributed by atoms with van der Waals surface area (Å²) in [6.45, 7) is 4.21. The number of aliphatic hydroxyl groups excluding tert-OH is 1. The molecule has 4 heteroatoms. The Bertz CT molecular complexity index is 582. The van der Waals surface area contributed by atoms with Gasteiger partial charge in [0.2, 0.25) is 0 Å². The summed E-state index contributed by atoms with van der Waals surface area (Å²) in [4.78, 5) is 0. The van der Waals surface area contributed by atoms with E-state index < -0.39 is 6.10 Å². The molecule has 0 radical (unpaired) electrons. The van der Waals surface area contributed by atoms with E-state index in [1.54, 1.807) is 6.92 Å². The van der Waals surface area contributed by atoms with E-state index in [2.05, 4.69) is 15.9 Å². The van der Waals surface area contributed by atoms with Gasteiger partial charge in [0.05, 0.1) is 12.7 Å². The van der Waals surface area contributed by atoms with Crippen LogP contribution in [-0.2, 0) is 0 Å². The van der Waals surface area contributed by atoms with Crippen LogP contribution in [-0.4, -0.2) is 11.7 Å². The Kier molecular flexibility index (Phi) is 5.04. The van der Waals surface area contributed by atoms with E-state index in [0.717, 1.165) is 10.0 Å². The molecule has 0 heterocycles. The molecule has 0 aromatic heterocycles. The molecule has 0 amide bonds. The summed E-state index contributed by atoms with van der Waals surface area (Å²) in [6, 6.07) is 13.1. The number of aliphatic hydroxyl groups is 1. The van der Waals surface area contributed by atoms with Crippen LogP contribution in [0.5, 0.6) is 17.2 Å². The second-order valence-corrected chi connectivity index (χ2v) is 5.26. The Labute approximate surface area is 127 Å². The molecular formula is C16H17BrO3. The van der Waals surface area contributed by atoms with Crippen molar-refractivity contribution in [3.63, 3.8) is 0 Å². The van der Waals surface area contributed by atoms with Gasteiger partial charge in [0.1, 0.15) is 5.75 Å². The third-order valence-corrected chi connectivity index (χ3v) is 3.28. The molecule has 0 bridgehead atoms. The number of hydrogen-bond acceptors (Lipinski definition) is 3. The third-order valence-electron chi connectivity index (χ3n) is 2.79. The third kappa shape index (κ3) is 3.52. The first-order valence-electron chi connectivity index (χ1n) is 6.49. The Balaban J connectivity index is 2.35. The van der Waals surface area contributed by atoms with Crippen molar-refractivity contribution in [1.29, 1.82) is 0 Å². The SMILES string of the molecule is CCOc1ccccc1Oc1ccc(Br)cc1C(C)O. The van der Waals surface area contributed by atoms with Gasteiger partial charge in [-0.25, -0.2) is 0 Å². The predicted molar refractivity (Wildman–Crippen MR) is 82.5 cm³/mol. The van der Waals surface area contributed by atoms with Crippen molar-refractivity contribution in [2.45, 2.75) is 20.0 Å². The normalized spacial score (nSPS) is 12.0. The molecule has 3 nitrogen and oxygen atoms in total. The second kappa shape index (κ2) is 6.77. The smallest absolute Gasteiger partial charge is 0.169 e. The molecule has 0 aliphatic carbocycles. The summed E-state index contributed by atoms with van der Waals surface area (Å²) in [5.74, 6) is 1.95. The summed E-state index contributed by atoms with van der Waals surface area (Å²) in [7, 11) is 0. The highest BCUT2D eigenvalue weighted by Gasteiger charge is 2.12. The summed E-state index contributed by atoms with van der Waals surface area (Å²) >= 11 is 3.40. The van der Waals surface area contributed by atoms with E-state index in [1.807, 2.05) is 49.4 Å². The minimum atomic E-state index is -0.609. The van der Waals surface area contributed by atoms with Crippen molar-refractivity contribution in [1.82, 2.24) is 0 Å². The van der Waals surface area contributed by atoms with Crippen molar-refractivity contribution in [2.75, 3.05) is 6.61 Å². The van der Waals surface area contributed by atoms with E-state index in [-0.39, 0.29) is 0 Å². The van der Waals surface area contributed by atoms with Crippen molar-refractivity contribution in [3.05, 3.63) is 52.5 Å². The predicted octanol–water partition coefficient (Wildman–Crippen LogP) is 4.69. The molecule has 0 aliphatic heterocycles. The van der Waals surface area contributed by atoms with E-state index in [4.69, 9.17) is 9.47 Å². The van der Waals surface area contributed by atoms with Crippen LogP contribution in [0.3, 0.4) is 0 Å². The number of benzene rings is 2. The van der Waals surface area contributed by atoms with Crippen LogP contribution < -0.4 is 9.47 Å². The average Bonchev–Trinajstić information content (AvgIpc) is 2.43. The zero-order valence-corrected chi connectivity index (χ0v) is 13.1. The largest absolute Gasteiger partial charge is 0.490 e. The molecule has 106 valence electrons. The van der Waals surface area contributed by atoms with Crippen LogP contribution >= 0.6 is 15.9 Å². The summed E-state index contributed by atoms with van der Waals surface area (Å²) in [5.41, 5.74) is 0.727. The monoisotopic (exact) mass is 336 g/mol. The van der Waals surface area contributed by atoms with E-state index in [9.17, 15) is 5.11 Å². The van der Waals surface area contributed by atoms with Crippen LogP contribution in [0, 0.1) is 0 Å². The van der Waals surface area contributed by atoms with Gasteiger partial charge in [0.25, 0.3) is 0 Å². The molecule has 2 rings (SSSR count).